The van der Waals surface area contributed by atoms with Crippen LogP contribution in [0.1, 0.15) is 17.3 Å². The van der Waals surface area contributed by atoms with Gasteiger partial charge in [-0.25, -0.2) is 17.5 Å². The number of carbonyl (C=O) groups excluding carboxylic acids is 2. The summed E-state index contributed by atoms with van der Waals surface area (Å²) in [4.78, 5) is 24.5. The number of ether oxygens (including phenoxy) is 1. The minimum atomic E-state index is -3.71. The maximum Gasteiger partial charge on any atom is 0.338 e. The Morgan fingerprint density at radius 1 is 1.11 bits per heavy atom. The van der Waals surface area contributed by atoms with Crippen LogP contribution in [0.2, 0.25) is 10.0 Å². The molecule has 7 nitrogen and oxygen atoms in total. The van der Waals surface area contributed by atoms with Gasteiger partial charge < -0.3 is 10.1 Å². The highest BCUT2D eigenvalue weighted by atomic mass is 35.5. The van der Waals surface area contributed by atoms with Crippen molar-refractivity contribution >= 4 is 50.8 Å². The smallest absolute Gasteiger partial charge is 0.338 e. The Morgan fingerprint density at radius 3 is 2.43 bits per heavy atom. The number of benzene rings is 2. The normalized spacial score (nSPS) is 12.5. The summed E-state index contributed by atoms with van der Waals surface area (Å²) in [7, 11) is -0.943. The van der Waals surface area contributed by atoms with Gasteiger partial charge in [-0.05, 0) is 43.3 Å². The predicted octanol–water partition coefficient (Wildman–Crippen LogP) is 3.43. The number of nitrogens with zero attached hydrogens (tertiary/aromatic N) is 1. The van der Waals surface area contributed by atoms with Crippen molar-refractivity contribution in [3.63, 3.8) is 0 Å². The van der Waals surface area contributed by atoms with Crippen molar-refractivity contribution in [2.24, 2.45) is 0 Å². The zero-order valence-electron chi connectivity index (χ0n) is 15.3. The standard InChI is InChI=1S/C18H18Cl2N2O5S/c1-11(17(23)21-16-10-13(19)7-8-15(16)20)27-18(24)12-5-4-6-14(9-12)28(25,26)22(2)3/h4-11H,1-3H3,(H,21,23). The van der Waals surface area contributed by atoms with E-state index in [1.807, 2.05) is 0 Å². The van der Waals surface area contributed by atoms with Crippen LogP contribution in [0.4, 0.5) is 5.69 Å². The van der Waals surface area contributed by atoms with E-state index in [0.717, 1.165) is 4.31 Å². The second-order valence-corrected chi connectivity index (χ2v) is 8.97. The molecule has 0 saturated heterocycles. The number of hydrogen-bond acceptors (Lipinski definition) is 5. The molecule has 1 unspecified atom stereocenters. The van der Waals surface area contributed by atoms with Crippen molar-refractivity contribution in [1.29, 1.82) is 0 Å². The van der Waals surface area contributed by atoms with E-state index in [4.69, 9.17) is 27.9 Å². The van der Waals surface area contributed by atoms with Gasteiger partial charge in [0.05, 0.1) is 21.2 Å². The molecule has 2 rings (SSSR count). The largest absolute Gasteiger partial charge is 0.449 e. The van der Waals surface area contributed by atoms with E-state index < -0.39 is 28.0 Å². The molecule has 0 bridgehead atoms. The molecule has 1 amide bonds. The summed E-state index contributed by atoms with van der Waals surface area (Å²) in [5, 5.41) is 3.18. The Labute approximate surface area is 173 Å². The van der Waals surface area contributed by atoms with Crippen molar-refractivity contribution in [1.82, 2.24) is 4.31 Å². The Kier molecular flexibility index (Phi) is 7.06. The Morgan fingerprint density at radius 2 is 1.79 bits per heavy atom. The molecule has 0 spiro atoms. The third kappa shape index (κ3) is 5.23. The molecule has 1 N–H and O–H groups in total. The van der Waals surface area contributed by atoms with Crippen LogP contribution in [0, 0.1) is 0 Å². The number of hydrogen-bond donors (Lipinski definition) is 1. The van der Waals surface area contributed by atoms with Crippen molar-refractivity contribution < 1.29 is 22.7 Å². The molecular formula is C18H18Cl2N2O5S. The fraction of sp³-hybridized carbons (Fsp3) is 0.222. The lowest BCUT2D eigenvalue weighted by Crippen LogP contribution is -2.30. The monoisotopic (exact) mass is 444 g/mol. The molecule has 0 aromatic heterocycles. The minimum Gasteiger partial charge on any atom is -0.449 e. The SMILES string of the molecule is CC(OC(=O)c1cccc(S(=O)(=O)N(C)C)c1)C(=O)Nc1cc(Cl)ccc1Cl. The fourth-order valence-electron chi connectivity index (χ4n) is 2.10. The third-order valence-electron chi connectivity index (χ3n) is 3.69. The highest BCUT2D eigenvalue weighted by Gasteiger charge is 2.22. The van der Waals surface area contributed by atoms with Gasteiger partial charge in [-0.1, -0.05) is 29.3 Å². The van der Waals surface area contributed by atoms with Crippen LogP contribution in [0.25, 0.3) is 0 Å². The van der Waals surface area contributed by atoms with Crippen LogP contribution < -0.4 is 5.32 Å². The van der Waals surface area contributed by atoms with Crippen LogP contribution in [0.3, 0.4) is 0 Å². The molecule has 150 valence electrons. The van der Waals surface area contributed by atoms with Crippen LogP contribution in [0.15, 0.2) is 47.4 Å². The van der Waals surface area contributed by atoms with Crippen LogP contribution in [-0.2, 0) is 19.6 Å². The number of sulfonamides is 1. The van der Waals surface area contributed by atoms with Crippen molar-refractivity contribution in [2.45, 2.75) is 17.9 Å². The van der Waals surface area contributed by atoms with Gasteiger partial charge in [-0.2, -0.15) is 0 Å². The summed E-state index contributed by atoms with van der Waals surface area (Å²) >= 11 is 11.9. The first-order chi connectivity index (χ1) is 13.0. The summed E-state index contributed by atoms with van der Waals surface area (Å²) in [5.74, 6) is -1.45. The highest BCUT2D eigenvalue weighted by Crippen LogP contribution is 2.25. The van der Waals surface area contributed by atoms with E-state index in [1.165, 1.54) is 57.4 Å². The number of nitrogens with one attached hydrogen (secondary N) is 1. The lowest BCUT2D eigenvalue weighted by molar-refractivity contribution is -0.123. The van der Waals surface area contributed by atoms with Crippen molar-refractivity contribution in [3.05, 3.63) is 58.1 Å². The first-order valence-corrected chi connectivity index (χ1v) is 10.2. The lowest BCUT2D eigenvalue weighted by Gasteiger charge is -2.15. The number of halogens is 2. The van der Waals surface area contributed by atoms with E-state index in [0.29, 0.717) is 5.02 Å². The number of amides is 1. The lowest BCUT2D eigenvalue weighted by atomic mass is 10.2. The van der Waals surface area contributed by atoms with Gasteiger partial charge in [0, 0.05) is 19.1 Å². The molecule has 0 aliphatic rings. The second-order valence-electron chi connectivity index (χ2n) is 5.98. The third-order valence-corrected chi connectivity index (χ3v) is 6.06. The summed E-state index contributed by atoms with van der Waals surface area (Å²) < 4.78 is 30.5. The van der Waals surface area contributed by atoms with Gasteiger partial charge in [0.25, 0.3) is 5.91 Å². The average Bonchev–Trinajstić information content (AvgIpc) is 2.64. The zero-order valence-corrected chi connectivity index (χ0v) is 17.6. The van der Waals surface area contributed by atoms with Crippen LogP contribution >= 0.6 is 23.2 Å². The molecule has 2 aromatic rings. The molecule has 0 aliphatic carbocycles. The molecule has 0 saturated carbocycles. The quantitative estimate of drug-likeness (QED) is 0.688. The van der Waals surface area contributed by atoms with Gasteiger partial charge >= 0.3 is 5.97 Å². The average molecular weight is 445 g/mol. The molecule has 10 heteroatoms. The maximum atomic E-state index is 12.3. The first-order valence-electron chi connectivity index (χ1n) is 8.02. The van der Waals surface area contributed by atoms with E-state index in [1.54, 1.807) is 6.07 Å². The van der Waals surface area contributed by atoms with E-state index >= 15 is 0 Å². The van der Waals surface area contributed by atoms with Gasteiger partial charge in [-0.15, -0.1) is 0 Å². The number of anilines is 1. The topological polar surface area (TPSA) is 92.8 Å². The van der Waals surface area contributed by atoms with Gasteiger partial charge in [0.2, 0.25) is 10.0 Å². The zero-order chi connectivity index (χ0) is 21.1. The summed E-state index contributed by atoms with van der Waals surface area (Å²) in [5.41, 5.74) is 0.282. The highest BCUT2D eigenvalue weighted by molar-refractivity contribution is 7.89. The Hall–Kier alpha value is -2.13. The van der Waals surface area contributed by atoms with Gasteiger partial charge in [0.1, 0.15) is 0 Å². The molecule has 0 radical (unpaired) electrons. The van der Waals surface area contributed by atoms with Crippen LogP contribution in [0.5, 0.6) is 0 Å². The number of rotatable bonds is 6. The van der Waals surface area contributed by atoms with Gasteiger partial charge in [0.15, 0.2) is 6.10 Å². The molecule has 0 aliphatic heterocycles. The molecule has 1 atom stereocenters. The van der Waals surface area contributed by atoms with Crippen molar-refractivity contribution in [3.8, 4) is 0 Å². The van der Waals surface area contributed by atoms with Crippen molar-refractivity contribution in [2.75, 3.05) is 19.4 Å². The number of esters is 1. The maximum absolute atomic E-state index is 12.3. The summed E-state index contributed by atoms with van der Waals surface area (Å²) in [6.45, 7) is 1.38. The molecular weight excluding hydrogens is 427 g/mol. The van der Waals surface area contributed by atoms with E-state index in [2.05, 4.69) is 5.32 Å². The molecule has 0 heterocycles. The predicted molar refractivity (Wildman–Crippen MR) is 107 cm³/mol. The molecule has 28 heavy (non-hydrogen) atoms. The molecule has 0 fully saturated rings. The first kappa shape index (κ1) is 22.2. The van der Waals surface area contributed by atoms with E-state index in [-0.39, 0.29) is 21.2 Å². The minimum absolute atomic E-state index is 0.00311. The Balaban J connectivity index is 2.12. The second kappa shape index (κ2) is 8.91. The fourth-order valence-corrected chi connectivity index (χ4v) is 3.39. The summed E-state index contributed by atoms with van der Waals surface area (Å²) in [6, 6.07) is 9.93. The summed E-state index contributed by atoms with van der Waals surface area (Å²) in [6.07, 6.45) is -1.16. The van der Waals surface area contributed by atoms with Gasteiger partial charge in [-0.3, -0.25) is 4.79 Å². The van der Waals surface area contributed by atoms with Crippen LogP contribution in [-0.4, -0.2) is 44.8 Å². The number of carbonyl (C=O) groups is 2. The van der Waals surface area contributed by atoms with E-state index in [9.17, 15) is 18.0 Å². The Bertz CT molecular complexity index is 1010. The molecule has 2 aromatic carbocycles.